The van der Waals surface area contributed by atoms with Crippen LogP contribution in [0.4, 0.5) is 0 Å². The van der Waals surface area contributed by atoms with Gasteiger partial charge < -0.3 is 19.7 Å². The second-order valence-corrected chi connectivity index (χ2v) is 10.4. The summed E-state index contributed by atoms with van der Waals surface area (Å²) in [6, 6.07) is 5.92. The number of fused-ring (bicyclic) bond motifs is 1. The monoisotopic (exact) mass is 456 g/mol. The van der Waals surface area contributed by atoms with Crippen LogP contribution in [0.15, 0.2) is 47.6 Å². The van der Waals surface area contributed by atoms with E-state index in [4.69, 9.17) is 9.47 Å². The Hall–Kier alpha value is -2.60. The molecule has 2 N–H and O–H groups in total. The predicted molar refractivity (Wildman–Crippen MR) is 126 cm³/mol. The summed E-state index contributed by atoms with van der Waals surface area (Å²) >= 11 is 0. The van der Waals surface area contributed by atoms with E-state index in [0.29, 0.717) is 24.8 Å². The summed E-state index contributed by atoms with van der Waals surface area (Å²) in [6.07, 6.45) is 3.89. The number of phenols is 1. The summed E-state index contributed by atoms with van der Waals surface area (Å²) < 4.78 is 12.0. The zero-order valence-electron chi connectivity index (χ0n) is 20.4. The summed E-state index contributed by atoms with van der Waals surface area (Å²) in [5, 5.41) is 21.4. The van der Waals surface area contributed by atoms with Crippen molar-refractivity contribution in [2.24, 2.45) is 17.3 Å². The molecule has 33 heavy (non-hydrogen) atoms. The molecule has 1 fully saturated rings. The van der Waals surface area contributed by atoms with Gasteiger partial charge >= 0.3 is 11.9 Å². The minimum absolute atomic E-state index is 0.0679. The molecule has 3 rings (SSSR count). The van der Waals surface area contributed by atoms with Crippen molar-refractivity contribution in [2.75, 3.05) is 0 Å². The molecule has 6 nitrogen and oxygen atoms in total. The molecular weight excluding hydrogens is 420 g/mol. The lowest BCUT2D eigenvalue weighted by molar-refractivity contribution is -0.158. The molecule has 0 radical (unpaired) electrons. The number of benzene rings is 1. The number of aromatic hydroxyl groups is 1. The highest BCUT2D eigenvalue weighted by Gasteiger charge is 2.63. The van der Waals surface area contributed by atoms with Gasteiger partial charge in [0.05, 0.1) is 11.2 Å². The van der Waals surface area contributed by atoms with Crippen LogP contribution in [0.1, 0.15) is 71.2 Å². The van der Waals surface area contributed by atoms with Gasteiger partial charge in [0.25, 0.3) is 0 Å². The van der Waals surface area contributed by atoms with Gasteiger partial charge in [-0.1, -0.05) is 31.9 Å². The van der Waals surface area contributed by atoms with Gasteiger partial charge in [0.2, 0.25) is 0 Å². The number of allylic oxidation sites excluding steroid dienone is 1. The van der Waals surface area contributed by atoms with Gasteiger partial charge in [-0.05, 0) is 69.9 Å². The fraction of sp³-hybridized carbons (Fsp3) is 0.556. The first-order chi connectivity index (χ1) is 15.4. The minimum atomic E-state index is -1.08. The summed E-state index contributed by atoms with van der Waals surface area (Å²) in [7, 11) is 0. The number of hydrogen-bond donors (Lipinski definition) is 2. The highest BCUT2D eigenvalue weighted by Crippen LogP contribution is 2.58. The molecule has 5 atom stereocenters. The number of ether oxygens (including phenoxy) is 2. The van der Waals surface area contributed by atoms with E-state index < -0.39 is 41.1 Å². The summed E-state index contributed by atoms with van der Waals surface area (Å²) in [5.74, 6) is -1.36. The van der Waals surface area contributed by atoms with E-state index in [0.717, 1.165) is 11.1 Å². The summed E-state index contributed by atoms with van der Waals surface area (Å²) in [6.45, 7) is 11.6. The molecule has 1 saturated carbocycles. The molecule has 1 aromatic carbocycles. The quantitative estimate of drug-likeness (QED) is 0.370. The van der Waals surface area contributed by atoms with E-state index in [1.165, 1.54) is 30.3 Å². The average Bonchev–Trinajstić information content (AvgIpc) is 2.94. The van der Waals surface area contributed by atoms with E-state index in [9.17, 15) is 19.8 Å². The van der Waals surface area contributed by atoms with Gasteiger partial charge in [0, 0.05) is 23.8 Å². The fourth-order valence-electron chi connectivity index (χ4n) is 5.49. The molecule has 6 heteroatoms. The van der Waals surface area contributed by atoms with Crippen molar-refractivity contribution in [3.05, 3.63) is 53.1 Å². The maximum absolute atomic E-state index is 13.0. The van der Waals surface area contributed by atoms with Gasteiger partial charge in [0.1, 0.15) is 18.0 Å². The third-order valence-corrected chi connectivity index (χ3v) is 7.30. The van der Waals surface area contributed by atoms with E-state index in [1.54, 1.807) is 0 Å². The molecule has 0 saturated heterocycles. The largest absolute Gasteiger partial charge is 0.508 e. The highest BCUT2D eigenvalue weighted by molar-refractivity contribution is 5.89. The van der Waals surface area contributed by atoms with E-state index in [-0.39, 0.29) is 11.7 Å². The Bertz CT molecular complexity index is 955. The Labute approximate surface area is 196 Å². The summed E-state index contributed by atoms with van der Waals surface area (Å²) in [5.41, 5.74) is 0.436. The van der Waals surface area contributed by atoms with Crippen LogP contribution in [0, 0.1) is 17.3 Å². The van der Waals surface area contributed by atoms with Crippen LogP contribution < -0.4 is 0 Å². The highest BCUT2D eigenvalue weighted by atomic mass is 16.6. The molecule has 1 unspecified atom stereocenters. The van der Waals surface area contributed by atoms with Gasteiger partial charge in [-0.3, -0.25) is 0 Å². The molecule has 2 aliphatic carbocycles. The van der Waals surface area contributed by atoms with Crippen LogP contribution in [-0.2, 0) is 14.3 Å². The van der Waals surface area contributed by atoms with Crippen LogP contribution in [0.3, 0.4) is 0 Å². The lowest BCUT2D eigenvalue weighted by Crippen LogP contribution is -2.53. The number of carbonyl (C=O) groups is 2. The molecule has 0 amide bonds. The lowest BCUT2D eigenvalue weighted by Gasteiger charge is -2.45. The standard InChI is InChI=1S/C27H36O6/c1-16(2)13-23(29)33-22-15-18(5)14-21(32-25(30)19-7-9-20(28)10-8-19)24-26(22,6)11-12-27(24,31)17(3)4/h7-10,13,15,17,21-22,24,28,31H,11-12,14H2,1-6H3/t21-,22-,24?,26-,27+/m1/s1. The first-order valence-corrected chi connectivity index (χ1v) is 11.6. The van der Waals surface area contributed by atoms with Crippen LogP contribution in [0.25, 0.3) is 0 Å². The number of hydrogen-bond acceptors (Lipinski definition) is 6. The molecule has 0 aromatic heterocycles. The zero-order valence-corrected chi connectivity index (χ0v) is 20.4. The van der Waals surface area contributed by atoms with Crippen LogP contribution >= 0.6 is 0 Å². The predicted octanol–water partition coefficient (Wildman–Crippen LogP) is 4.95. The number of rotatable bonds is 5. The number of phenolic OH excluding ortho intramolecular Hbond substituents is 1. The number of esters is 2. The number of aliphatic hydroxyl groups is 1. The second kappa shape index (κ2) is 9.34. The van der Waals surface area contributed by atoms with Crippen molar-refractivity contribution in [2.45, 2.75) is 78.6 Å². The molecule has 0 spiro atoms. The van der Waals surface area contributed by atoms with Crippen molar-refractivity contribution in [1.82, 2.24) is 0 Å². The van der Waals surface area contributed by atoms with Crippen molar-refractivity contribution in [3.63, 3.8) is 0 Å². The Morgan fingerprint density at radius 3 is 2.33 bits per heavy atom. The third kappa shape index (κ3) is 5.01. The van der Waals surface area contributed by atoms with E-state index >= 15 is 0 Å². The fourth-order valence-corrected chi connectivity index (χ4v) is 5.49. The van der Waals surface area contributed by atoms with Crippen LogP contribution in [0.5, 0.6) is 5.75 Å². The molecular formula is C27H36O6. The topological polar surface area (TPSA) is 93.1 Å². The van der Waals surface area contributed by atoms with Crippen molar-refractivity contribution < 1.29 is 29.3 Å². The van der Waals surface area contributed by atoms with E-state index in [1.807, 2.05) is 47.6 Å². The lowest BCUT2D eigenvalue weighted by atomic mass is 9.66. The minimum Gasteiger partial charge on any atom is -0.508 e. The normalized spacial score (nSPS) is 31.3. The van der Waals surface area contributed by atoms with Gasteiger partial charge in [-0.25, -0.2) is 9.59 Å². The molecule has 0 aliphatic heterocycles. The van der Waals surface area contributed by atoms with Gasteiger partial charge in [-0.15, -0.1) is 0 Å². The molecule has 0 bridgehead atoms. The van der Waals surface area contributed by atoms with Gasteiger partial charge in [0.15, 0.2) is 0 Å². The summed E-state index contributed by atoms with van der Waals surface area (Å²) in [4.78, 5) is 25.5. The first kappa shape index (κ1) is 25.0. The molecule has 2 aliphatic rings. The van der Waals surface area contributed by atoms with Crippen LogP contribution in [-0.4, -0.2) is 40.0 Å². The zero-order chi connectivity index (χ0) is 24.6. The third-order valence-electron chi connectivity index (χ3n) is 7.30. The van der Waals surface area contributed by atoms with E-state index in [2.05, 4.69) is 0 Å². The van der Waals surface area contributed by atoms with Crippen molar-refractivity contribution in [3.8, 4) is 5.75 Å². The van der Waals surface area contributed by atoms with Gasteiger partial charge in [-0.2, -0.15) is 0 Å². The first-order valence-electron chi connectivity index (χ1n) is 11.6. The maximum atomic E-state index is 13.0. The second-order valence-electron chi connectivity index (χ2n) is 10.4. The Balaban J connectivity index is 2.00. The Kier molecular flexibility index (Phi) is 7.08. The average molecular weight is 457 g/mol. The molecule has 0 heterocycles. The SMILES string of the molecule is CC(C)=CC(=O)O[C@@H]1C=C(C)C[C@@H](OC(=O)c2ccc(O)cc2)C2[C@@](O)(C(C)C)CC[C@@]21C. The van der Waals surface area contributed by atoms with Crippen molar-refractivity contribution >= 4 is 11.9 Å². The van der Waals surface area contributed by atoms with Crippen molar-refractivity contribution in [1.29, 1.82) is 0 Å². The maximum Gasteiger partial charge on any atom is 0.338 e. The molecule has 180 valence electrons. The Morgan fingerprint density at radius 2 is 1.76 bits per heavy atom. The molecule has 1 aromatic rings. The Morgan fingerprint density at radius 1 is 1.12 bits per heavy atom. The van der Waals surface area contributed by atoms with Crippen LogP contribution in [0.2, 0.25) is 0 Å². The number of carbonyl (C=O) groups excluding carboxylic acids is 2. The smallest absolute Gasteiger partial charge is 0.338 e.